The lowest BCUT2D eigenvalue weighted by Crippen LogP contribution is -2.29. The Balaban J connectivity index is 1.88. The van der Waals surface area contributed by atoms with Crippen LogP contribution in [0.1, 0.15) is 22.9 Å². The Morgan fingerprint density at radius 2 is 1.90 bits per heavy atom. The van der Waals surface area contributed by atoms with Gasteiger partial charge < -0.3 is 24.3 Å². The van der Waals surface area contributed by atoms with Crippen molar-refractivity contribution in [3.63, 3.8) is 0 Å². The third-order valence-corrected chi connectivity index (χ3v) is 5.08. The minimum absolute atomic E-state index is 0.0325. The summed E-state index contributed by atoms with van der Waals surface area (Å²) in [5.74, 6) is -2.22. The van der Waals surface area contributed by atoms with Gasteiger partial charge in [0.15, 0.2) is 11.5 Å². The maximum atomic E-state index is 13.3. The first-order valence-corrected chi connectivity index (χ1v) is 9.34. The summed E-state index contributed by atoms with van der Waals surface area (Å²) in [4.78, 5) is 27.0. The van der Waals surface area contributed by atoms with Gasteiger partial charge in [-0.3, -0.25) is 9.59 Å². The van der Waals surface area contributed by atoms with Crippen molar-refractivity contribution in [3.8, 4) is 11.5 Å². The van der Waals surface area contributed by atoms with Crippen LogP contribution in [-0.4, -0.2) is 33.9 Å². The predicted octanol–water partition coefficient (Wildman–Crippen LogP) is 3.75. The van der Waals surface area contributed by atoms with E-state index in [1.807, 2.05) is 0 Å². The quantitative estimate of drug-likeness (QED) is 0.368. The fourth-order valence-electron chi connectivity index (χ4n) is 3.60. The monoisotopic (exact) mass is 423 g/mol. The van der Waals surface area contributed by atoms with Crippen molar-refractivity contribution >= 4 is 17.4 Å². The Morgan fingerprint density at radius 3 is 2.52 bits per heavy atom. The molecule has 1 aliphatic rings. The maximum Gasteiger partial charge on any atom is 0.296 e. The molecule has 7 nitrogen and oxygen atoms in total. The zero-order chi connectivity index (χ0) is 22.1. The lowest BCUT2D eigenvalue weighted by Gasteiger charge is -2.25. The number of methoxy groups -OCH3 is 1. The lowest BCUT2D eigenvalue weighted by atomic mass is 9.95. The first-order valence-electron chi connectivity index (χ1n) is 9.34. The van der Waals surface area contributed by atoms with Gasteiger partial charge in [0.1, 0.15) is 17.3 Å². The third-order valence-electron chi connectivity index (χ3n) is 5.08. The number of aliphatic hydroxyl groups is 1. The Kier molecular flexibility index (Phi) is 5.21. The molecule has 158 valence electrons. The highest BCUT2D eigenvalue weighted by atomic mass is 19.1. The number of phenolic OH excluding ortho intramolecular Hbond substituents is 1. The van der Waals surface area contributed by atoms with Crippen LogP contribution in [0.25, 0.3) is 5.76 Å². The van der Waals surface area contributed by atoms with Crippen molar-refractivity contribution in [2.75, 3.05) is 7.11 Å². The largest absolute Gasteiger partial charge is 0.507 e. The van der Waals surface area contributed by atoms with Crippen LogP contribution in [0.5, 0.6) is 11.5 Å². The molecule has 0 radical (unpaired) electrons. The highest BCUT2D eigenvalue weighted by molar-refractivity contribution is 6.46. The van der Waals surface area contributed by atoms with E-state index in [1.54, 1.807) is 18.2 Å². The number of aliphatic hydroxyl groups excluding tert-OH is 1. The fraction of sp³-hybridized carbons (Fsp3) is 0.130. The molecule has 2 heterocycles. The molecule has 8 heteroatoms. The second kappa shape index (κ2) is 7.98. The molecule has 0 aliphatic carbocycles. The van der Waals surface area contributed by atoms with Gasteiger partial charge in [-0.1, -0.05) is 6.07 Å². The molecule has 3 aromatic rings. The van der Waals surface area contributed by atoms with Crippen molar-refractivity contribution in [2.45, 2.75) is 12.6 Å². The third kappa shape index (κ3) is 3.63. The number of nitrogens with zero attached hydrogens (tertiary/aromatic N) is 1. The molecule has 0 saturated carbocycles. The SMILES string of the molecule is COc1ccc(C2/C(=C(/O)c3ccc(F)cc3)C(=O)C(=O)N2Cc2ccco2)cc1O. The van der Waals surface area contributed by atoms with Crippen LogP contribution >= 0.6 is 0 Å². The molecular weight excluding hydrogens is 405 g/mol. The molecule has 1 atom stereocenters. The Hall–Kier alpha value is -4.07. The summed E-state index contributed by atoms with van der Waals surface area (Å²) in [6.45, 7) is -0.0325. The van der Waals surface area contributed by atoms with E-state index in [9.17, 15) is 24.2 Å². The molecule has 1 unspecified atom stereocenters. The van der Waals surface area contributed by atoms with E-state index in [0.717, 1.165) is 12.1 Å². The molecule has 31 heavy (non-hydrogen) atoms. The summed E-state index contributed by atoms with van der Waals surface area (Å²) < 4.78 is 23.7. The van der Waals surface area contributed by atoms with Crippen LogP contribution in [-0.2, 0) is 16.1 Å². The molecule has 1 fully saturated rings. The minimum Gasteiger partial charge on any atom is -0.507 e. The number of rotatable bonds is 5. The average molecular weight is 423 g/mol. The van der Waals surface area contributed by atoms with E-state index in [2.05, 4.69) is 0 Å². The summed E-state index contributed by atoms with van der Waals surface area (Å²) in [5, 5.41) is 21.1. The number of hydrogen-bond acceptors (Lipinski definition) is 6. The zero-order valence-electron chi connectivity index (χ0n) is 16.4. The number of benzene rings is 2. The average Bonchev–Trinajstić information content (AvgIpc) is 3.36. The van der Waals surface area contributed by atoms with Gasteiger partial charge in [0.05, 0.1) is 31.5 Å². The summed E-state index contributed by atoms with van der Waals surface area (Å²) >= 11 is 0. The number of Topliss-reactive ketones (excluding diaryl/α,β-unsaturated/α-hetero) is 1. The number of carbonyl (C=O) groups is 2. The Morgan fingerprint density at radius 1 is 1.16 bits per heavy atom. The number of ether oxygens (including phenoxy) is 1. The summed E-state index contributed by atoms with van der Waals surface area (Å²) in [5.41, 5.74) is 0.389. The summed E-state index contributed by atoms with van der Waals surface area (Å²) in [6.07, 6.45) is 1.44. The summed E-state index contributed by atoms with van der Waals surface area (Å²) in [6, 6.07) is 11.7. The molecule has 1 aliphatic heterocycles. The number of ketones is 1. The second-order valence-electron chi connectivity index (χ2n) is 6.94. The molecule has 1 amide bonds. The first kappa shape index (κ1) is 20.2. The van der Waals surface area contributed by atoms with Crippen LogP contribution in [0.3, 0.4) is 0 Å². The van der Waals surface area contributed by atoms with Crippen LogP contribution in [0, 0.1) is 5.82 Å². The van der Waals surface area contributed by atoms with E-state index in [0.29, 0.717) is 11.3 Å². The normalized spacial score (nSPS) is 17.9. The molecule has 4 rings (SSSR count). The number of hydrogen-bond donors (Lipinski definition) is 2. The second-order valence-corrected chi connectivity index (χ2v) is 6.94. The molecule has 2 aromatic carbocycles. The molecule has 1 saturated heterocycles. The van der Waals surface area contributed by atoms with Gasteiger partial charge >= 0.3 is 0 Å². The smallest absolute Gasteiger partial charge is 0.296 e. The van der Waals surface area contributed by atoms with Crippen molar-refractivity contribution in [1.29, 1.82) is 0 Å². The number of aromatic hydroxyl groups is 1. The zero-order valence-corrected chi connectivity index (χ0v) is 16.4. The number of likely N-dealkylation sites (tertiary alicyclic amines) is 1. The van der Waals surface area contributed by atoms with Gasteiger partial charge in [0, 0.05) is 5.56 Å². The van der Waals surface area contributed by atoms with Crippen molar-refractivity contribution in [3.05, 3.63) is 89.1 Å². The van der Waals surface area contributed by atoms with Gasteiger partial charge in [-0.05, 0) is 54.1 Å². The van der Waals surface area contributed by atoms with Gasteiger partial charge in [-0.25, -0.2) is 4.39 Å². The van der Waals surface area contributed by atoms with Gasteiger partial charge in [0.25, 0.3) is 11.7 Å². The summed E-state index contributed by atoms with van der Waals surface area (Å²) in [7, 11) is 1.40. The molecule has 0 spiro atoms. The van der Waals surface area contributed by atoms with Crippen molar-refractivity contribution in [1.82, 2.24) is 4.90 Å². The Bertz CT molecular complexity index is 1170. The van der Waals surface area contributed by atoms with Crippen molar-refractivity contribution in [2.24, 2.45) is 0 Å². The van der Waals surface area contributed by atoms with Crippen molar-refractivity contribution < 1.29 is 33.3 Å². The maximum absolute atomic E-state index is 13.3. The van der Waals surface area contributed by atoms with Crippen LogP contribution in [0.15, 0.2) is 70.9 Å². The van der Waals surface area contributed by atoms with Crippen LogP contribution < -0.4 is 4.74 Å². The van der Waals surface area contributed by atoms with Gasteiger partial charge in [0.2, 0.25) is 0 Å². The van der Waals surface area contributed by atoms with Gasteiger partial charge in [-0.2, -0.15) is 0 Å². The molecule has 0 bridgehead atoms. The van der Waals surface area contributed by atoms with Crippen LogP contribution in [0.2, 0.25) is 0 Å². The Labute approximate surface area is 176 Å². The van der Waals surface area contributed by atoms with E-state index in [-0.39, 0.29) is 29.2 Å². The van der Waals surface area contributed by atoms with E-state index in [4.69, 9.17) is 9.15 Å². The molecule has 2 N–H and O–H groups in total. The highest BCUT2D eigenvalue weighted by Crippen LogP contribution is 2.42. The number of carbonyl (C=O) groups excluding carboxylic acids is 2. The molecular formula is C23H18FNO6. The lowest BCUT2D eigenvalue weighted by molar-refractivity contribution is -0.140. The number of furan rings is 1. The number of halogens is 1. The standard InChI is InChI=1S/C23H18FNO6/c1-30-18-9-6-14(11-17(18)26)20-19(21(27)13-4-7-15(24)8-5-13)22(28)23(29)25(20)12-16-3-2-10-31-16/h2-11,20,26-27H,12H2,1H3/b21-19-. The minimum atomic E-state index is -1.01. The van der Waals surface area contributed by atoms with Crippen LogP contribution in [0.4, 0.5) is 4.39 Å². The number of amides is 1. The fourth-order valence-corrected chi connectivity index (χ4v) is 3.60. The van der Waals surface area contributed by atoms with E-state index >= 15 is 0 Å². The predicted molar refractivity (Wildman–Crippen MR) is 108 cm³/mol. The highest BCUT2D eigenvalue weighted by Gasteiger charge is 2.46. The number of phenols is 1. The van der Waals surface area contributed by atoms with Gasteiger partial charge in [-0.15, -0.1) is 0 Å². The topological polar surface area (TPSA) is 100 Å². The van der Waals surface area contributed by atoms with E-state index in [1.165, 1.54) is 42.5 Å². The first-order chi connectivity index (χ1) is 14.9. The molecule has 1 aromatic heterocycles. The van der Waals surface area contributed by atoms with E-state index < -0.39 is 29.3 Å².